The molecule has 3 aliphatic carbocycles. The summed E-state index contributed by atoms with van der Waals surface area (Å²) in [6.07, 6.45) is 8.31. The topological polar surface area (TPSA) is 37.3 Å². The fourth-order valence-corrected chi connectivity index (χ4v) is 3.10. The first-order chi connectivity index (χ1) is 6.33. The van der Waals surface area contributed by atoms with Gasteiger partial charge in [0.05, 0.1) is 0 Å². The Bertz CT molecular complexity index is 290. The van der Waals surface area contributed by atoms with Gasteiger partial charge in [-0.1, -0.05) is 24.3 Å². The van der Waals surface area contributed by atoms with Gasteiger partial charge < -0.3 is 5.11 Å². The smallest absolute Gasteiger partial charge is 0.147 e. The Morgan fingerprint density at radius 3 is 2.08 bits per heavy atom. The van der Waals surface area contributed by atoms with Crippen LogP contribution in [0.1, 0.15) is 0 Å². The predicted octanol–water partition coefficient (Wildman–Crippen LogP) is 0.782. The highest BCUT2D eigenvalue weighted by Crippen LogP contribution is 2.50. The molecule has 0 spiro atoms. The summed E-state index contributed by atoms with van der Waals surface area (Å²) in [6, 6.07) is 0. The SMILES string of the molecule is O=C1[C@H]2C=C[C@@H]1[C@H]1C=C[C@@H]2C1CO. The van der Waals surface area contributed by atoms with E-state index in [9.17, 15) is 9.90 Å². The largest absolute Gasteiger partial charge is 0.396 e. The Hall–Kier alpha value is -0.890. The van der Waals surface area contributed by atoms with Crippen LogP contribution in [0.2, 0.25) is 0 Å². The number of ketones is 1. The van der Waals surface area contributed by atoms with E-state index in [0.717, 1.165) is 0 Å². The van der Waals surface area contributed by atoms with Gasteiger partial charge in [-0.3, -0.25) is 4.79 Å². The summed E-state index contributed by atoms with van der Waals surface area (Å²) in [6.45, 7) is 0.213. The minimum atomic E-state index is 0.0668. The van der Waals surface area contributed by atoms with Crippen molar-refractivity contribution in [1.82, 2.24) is 0 Å². The monoisotopic (exact) mass is 176 g/mol. The van der Waals surface area contributed by atoms with Gasteiger partial charge in [-0.05, 0) is 17.8 Å². The van der Waals surface area contributed by atoms with Gasteiger partial charge >= 0.3 is 0 Å². The second-order valence-electron chi connectivity index (χ2n) is 4.22. The standard InChI is InChI=1S/C11H12O2/c12-5-10-6-1-2-7(10)9-4-3-8(6)11(9)13/h1-4,6-10,12H,5H2/t6-,7+,8-,9+,10?. The lowest BCUT2D eigenvalue weighted by atomic mass is 9.69. The van der Waals surface area contributed by atoms with Gasteiger partial charge in [0.1, 0.15) is 5.78 Å². The van der Waals surface area contributed by atoms with Crippen LogP contribution >= 0.6 is 0 Å². The highest BCUT2D eigenvalue weighted by molar-refractivity contribution is 5.91. The zero-order valence-electron chi connectivity index (χ0n) is 7.26. The van der Waals surface area contributed by atoms with Crippen LogP contribution in [0.4, 0.5) is 0 Å². The molecule has 0 aromatic rings. The quantitative estimate of drug-likeness (QED) is 0.599. The molecule has 13 heavy (non-hydrogen) atoms. The molecule has 1 fully saturated rings. The average molecular weight is 176 g/mol. The lowest BCUT2D eigenvalue weighted by molar-refractivity contribution is -0.129. The van der Waals surface area contributed by atoms with Gasteiger partial charge in [0.15, 0.2) is 0 Å². The third-order valence-corrected chi connectivity index (χ3v) is 3.77. The molecule has 0 radical (unpaired) electrons. The molecule has 0 aromatic heterocycles. The van der Waals surface area contributed by atoms with Crippen LogP contribution in [0.3, 0.4) is 0 Å². The number of hydrogen-bond acceptors (Lipinski definition) is 2. The van der Waals surface area contributed by atoms with Crippen molar-refractivity contribution in [1.29, 1.82) is 0 Å². The number of allylic oxidation sites excluding steroid dienone is 4. The molecule has 2 nitrogen and oxygen atoms in total. The van der Waals surface area contributed by atoms with E-state index in [2.05, 4.69) is 12.2 Å². The maximum absolute atomic E-state index is 11.7. The third-order valence-electron chi connectivity index (χ3n) is 3.77. The predicted molar refractivity (Wildman–Crippen MR) is 47.8 cm³/mol. The fraction of sp³-hybridized carbons (Fsp3) is 0.545. The van der Waals surface area contributed by atoms with Crippen molar-refractivity contribution in [3.05, 3.63) is 24.3 Å². The van der Waals surface area contributed by atoms with Crippen molar-refractivity contribution in [2.75, 3.05) is 6.61 Å². The first-order valence-electron chi connectivity index (χ1n) is 4.84. The molecule has 0 heterocycles. The van der Waals surface area contributed by atoms with Crippen molar-refractivity contribution < 1.29 is 9.90 Å². The van der Waals surface area contributed by atoms with Crippen molar-refractivity contribution in [2.24, 2.45) is 29.6 Å². The molecular weight excluding hydrogens is 164 g/mol. The summed E-state index contributed by atoms with van der Waals surface area (Å²) >= 11 is 0. The van der Waals surface area contributed by atoms with Crippen LogP contribution in [-0.2, 0) is 4.79 Å². The number of Topliss-reactive ketones (excluding diaryl/α,β-unsaturated/α-hetero) is 1. The lowest BCUT2D eigenvalue weighted by Crippen LogP contribution is -2.39. The van der Waals surface area contributed by atoms with Gasteiger partial charge in [-0.2, -0.15) is 0 Å². The molecule has 3 rings (SSSR count). The third kappa shape index (κ3) is 0.748. The second-order valence-corrected chi connectivity index (χ2v) is 4.22. The van der Waals surface area contributed by atoms with E-state index in [-0.39, 0.29) is 30.3 Å². The second kappa shape index (κ2) is 2.32. The Morgan fingerprint density at radius 1 is 1.08 bits per heavy atom. The Balaban J connectivity index is 2.05. The van der Waals surface area contributed by atoms with E-state index < -0.39 is 0 Å². The molecule has 1 saturated carbocycles. The maximum atomic E-state index is 11.7. The summed E-state index contributed by atoms with van der Waals surface area (Å²) in [7, 11) is 0. The van der Waals surface area contributed by atoms with E-state index in [4.69, 9.17) is 0 Å². The van der Waals surface area contributed by atoms with Crippen molar-refractivity contribution >= 4 is 5.78 Å². The summed E-state index contributed by atoms with van der Waals surface area (Å²) < 4.78 is 0. The van der Waals surface area contributed by atoms with Crippen LogP contribution in [-0.4, -0.2) is 17.5 Å². The molecule has 5 atom stereocenters. The van der Waals surface area contributed by atoms with Crippen molar-refractivity contribution in [3.8, 4) is 0 Å². The van der Waals surface area contributed by atoms with Crippen molar-refractivity contribution in [3.63, 3.8) is 0 Å². The molecule has 4 bridgehead atoms. The van der Waals surface area contributed by atoms with Crippen LogP contribution in [0, 0.1) is 29.6 Å². The van der Waals surface area contributed by atoms with Gasteiger partial charge in [0.2, 0.25) is 0 Å². The highest BCUT2D eigenvalue weighted by atomic mass is 16.3. The minimum Gasteiger partial charge on any atom is -0.396 e. The first-order valence-corrected chi connectivity index (χ1v) is 4.84. The minimum absolute atomic E-state index is 0.0668. The normalized spacial score (nSPS) is 50.5. The van der Waals surface area contributed by atoms with E-state index >= 15 is 0 Å². The molecule has 1 unspecified atom stereocenters. The molecule has 0 aromatic carbocycles. The Morgan fingerprint density at radius 2 is 1.62 bits per heavy atom. The Kier molecular flexibility index (Phi) is 1.34. The van der Waals surface area contributed by atoms with Crippen molar-refractivity contribution in [2.45, 2.75) is 0 Å². The number of hydrogen-bond donors (Lipinski definition) is 1. The Labute approximate surface area is 76.9 Å². The van der Waals surface area contributed by atoms with E-state index in [1.54, 1.807) is 0 Å². The van der Waals surface area contributed by atoms with Crippen LogP contribution in [0.15, 0.2) is 24.3 Å². The number of carbonyl (C=O) groups is 1. The molecule has 68 valence electrons. The highest BCUT2D eigenvalue weighted by Gasteiger charge is 2.51. The lowest BCUT2D eigenvalue weighted by Gasteiger charge is -2.33. The van der Waals surface area contributed by atoms with E-state index in [0.29, 0.717) is 11.7 Å². The van der Waals surface area contributed by atoms with E-state index in [1.807, 2.05) is 12.2 Å². The number of fused-ring (bicyclic) bond motifs is 6. The summed E-state index contributed by atoms with van der Waals surface area (Å²) in [5.74, 6) is 1.34. The molecule has 0 amide bonds. The van der Waals surface area contributed by atoms with Gasteiger partial charge in [-0.25, -0.2) is 0 Å². The van der Waals surface area contributed by atoms with Gasteiger partial charge in [0, 0.05) is 18.4 Å². The number of aliphatic hydroxyl groups excluding tert-OH is 1. The number of aliphatic hydroxyl groups is 1. The zero-order chi connectivity index (χ0) is 9.00. The first kappa shape index (κ1) is 7.51. The fourth-order valence-electron chi connectivity index (χ4n) is 3.10. The molecule has 2 heteroatoms. The zero-order valence-corrected chi connectivity index (χ0v) is 7.26. The molecule has 0 saturated heterocycles. The van der Waals surface area contributed by atoms with Crippen LogP contribution in [0.5, 0.6) is 0 Å². The summed E-state index contributed by atoms with van der Waals surface area (Å²) in [4.78, 5) is 11.7. The van der Waals surface area contributed by atoms with E-state index in [1.165, 1.54) is 0 Å². The summed E-state index contributed by atoms with van der Waals surface area (Å²) in [5, 5.41) is 9.24. The molecular formula is C11H12O2. The average Bonchev–Trinajstić information content (AvgIpc) is 2.56. The van der Waals surface area contributed by atoms with Crippen LogP contribution < -0.4 is 0 Å². The van der Waals surface area contributed by atoms with Gasteiger partial charge in [-0.15, -0.1) is 0 Å². The maximum Gasteiger partial charge on any atom is 0.147 e. The van der Waals surface area contributed by atoms with Crippen LogP contribution in [0.25, 0.3) is 0 Å². The molecule has 0 aliphatic heterocycles. The summed E-state index contributed by atoms with van der Waals surface area (Å²) in [5.41, 5.74) is 0. The molecule has 3 aliphatic rings. The molecule has 1 N–H and O–H groups in total. The number of carbonyl (C=O) groups excluding carboxylic acids is 1. The van der Waals surface area contributed by atoms with Gasteiger partial charge in [0.25, 0.3) is 0 Å². The number of rotatable bonds is 1.